The van der Waals surface area contributed by atoms with Gasteiger partial charge in [-0.1, -0.05) is 18.2 Å². The lowest BCUT2D eigenvalue weighted by Crippen LogP contribution is -2.01. The van der Waals surface area contributed by atoms with E-state index in [0.717, 1.165) is 0 Å². The molecule has 0 saturated carbocycles. The number of rotatable bonds is 2. The van der Waals surface area contributed by atoms with Crippen LogP contribution in [0.5, 0.6) is 0 Å². The van der Waals surface area contributed by atoms with Gasteiger partial charge < -0.3 is 0 Å². The molecule has 66 valence electrons. The van der Waals surface area contributed by atoms with Crippen LogP contribution in [0.1, 0.15) is 5.56 Å². The zero-order valence-electron chi connectivity index (χ0n) is 6.32. The Morgan fingerprint density at radius 1 is 1.33 bits per heavy atom. The molecule has 0 spiro atoms. The molecule has 3 nitrogen and oxygen atoms in total. The van der Waals surface area contributed by atoms with E-state index in [9.17, 15) is 8.42 Å². The van der Waals surface area contributed by atoms with Gasteiger partial charge >= 0.3 is 10.1 Å². The van der Waals surface area contributed by atoms with Crippen LogP contribution in [0.25, 0.3) is 0 Å². The number of aryl methyl sites for hydroxylation is 1. The van der Waals surface area contributed by atoms with Crippen molar-refractivity contribution >= 4 is 33.1 Å². The zero-order valence-corrected chi connectivity index (χ0v) is 9.29. The highest BCUT2D eigenvalue weighted by atomic mass is 127. The lowest BCUT2D eigenvalue weighted by atomic mass is 10.2. The van der Waals surface area contributed by atoms with Gasteiger partial charge in [-0.25, -0.2) is 0 Å². The van der Waals surface area contributed by atoms with Gasteiger partial charge in [-0.2, -0.15) is 10.9 Å². The Balaban J connectivity index is 3.30. The first-order valence-corrected chi connectivity index (χ1v) is 5.47. The molecule has 0 unspecified atom stereocenters. The van der Waals surface area contributed by atoms with E-state index in [2.05, 4.69) is 2.51 Å². The summed E-state index contributed by atoms with van der Waals surface area (Å²) in [6.07, 6.45) is 0. The smallest absolute Gasteiger partial charge is 0.195 e. The van der Waals surface area contributed by atoms with Crippen LogP contribution in [-0.4, -0.2) is 8.42 Å². The van der Waals surface area contributed by atoms with Crippen molar-refractivity contribution in [3.63, 3.8) is 0 Å². The molecule has 0 saturated heterocycles. The average molecular weight is 298 g/mol. The maximum atomic E-state index is 11.2. The van der Waals surface area contributed by atoms with Gasteiger partial charge in [-0.05, 0) is 18.6 Å². The normalized spacial score (nSPS) is 11.5. The largest absolute Gasteiger partial charge is 0.306 e. The molecule has 1 aromatic rings. The van der Waals surface area contributed by atoms with Crippen molar-refractivity contribution in [2.75, 3.05) is 0 Å². The Hall–Kier alpha value is -0.140. The third-order valence-electron chi connectivity index (χ3n) is 1.45. The van der Waals surface area contributed by atoms with E-state index in [1.165, 1.54) is 29.1 Å². The minimum absolute atomic E-state index is 0.222. The van der Waals surface area contributed by atoms with E-state index >= 15 is 0 Å². The molecule has 0 bridgehead atoms. The maximum Gasteiger partial charge on any atom is 0.306 e. The zero-order chi connectivity index (χ0) is 9.19. The van der Waals surface area contributed by atoms with E-state index in [0.29, 0.717) is 5.56 Å². The Morgan fingerprint density at radius 3 is 2.42 bits per heavy atom. The van der Waals surface area contributed by atoms with E-state index in [-0.39, 0.29) is 4.90 Å². The predicted molar refractivity (Wildman–Crippen MR) is 53.5 cm³/mol. The second kappa shape index (κ2) is 3.71. The van der Waals surface area contributed by atoms with Crippen molar-refractivity contribution in [3.8, 4) is 0 Å². The van der Waals surface area contributed by atoms with Crippen molar-refractivity contribution in [2.24, 2.45) is 0 Å². The second-order valence-corrected chi connectivity index (χ2v) is 4.84. The number of benzene rings is 1. The monoisotopic (exact) mass is 298 g/mol. The second-order valence-electron chi connectivity index (χ2n) is 2.28. The molecule has 12 heavy (non-hydrogen) atoms. The lowest BCUT2D eigenvalue weighted by molar-refractivity contribution is 0.536. The molecule has 0 aromatic heterocycles. The van der Waals surface area contributed by atoms with Crippen LogP contribution in [0, 0.1) is 6.92 Å². The van der Waals surface area contributed by atoms with E-state index in [1.54, 1.807) is 25.1 Å². The number of halogens is 1. The van der Waals surface area contributed by atoms with Crippen LogP contribution >= 0.6 is 23.0 Å². The highest BCUT2D eigenvalue weighted by Gasteiger charge is 2.15. The first-order chi connectivity index (χ1) is 5.58. The molecule has 0 aliphatic rings. The van der Waals surface area contributed by atoms with Crippen LogP contribution in [0.15, 0.2) is 29.2 Å². The summed E-state index contributed by atoms with van der Waals surface area (Å²) in [5, 5.41) is 0. The average Bonchev–Trinajstić information content (AvgIpc) is 2.05. The summed E-state index contributed by atoms with van der Waals surface area (Å²) in [6, 6.07) is 6.68. The van der Waals surface area contributed by atoms with Crippen molar-refractivity contribution in [2.45, 2.75) is 11.8 Å². The summed E-state index contributed by atoms with van der Waals surface area (Å²) in [5.74, 6) is 0. The summed E-state index contributed by atoms with van der Waals surface area (Å²) < 4.78 is 26.7. The molecule has 0 atom stereocenters. The van der Waals surface area contributed by atoms with Gasteiger partial charge in [0.15, 0.2) is 0 Å². The van der Waals surface area contributed by atoms with Crippen LogP contribution in [0.2, 0.25) is 0 Å². The fourth-order valence-corrected chi connectivity index (χ4v) is 2.23. The molecule has 5 heteroatoms. The number of hydrogen-bond acceptors (Lipinski definition) is 3. The summed E-state index contributed by atoms with van der Waals surface area (Å²) in [7, 11) is -3.54. The van der Waals surface area contributed by atoms with Crippen molar-refractivity contribution < 1.29 is 10.9 Å². The maximum absolute atomic E-state index is 11.2. The molecule has 0 N–H and O–H groups in total. The van der Waals surface area contributed by atoms with Crippen molar-refractivity contribution in [1.82, 2.24) is 0 Å². The van der Waals surface area contributed by atoms with Gasteiger partial charge in [0.05, 0.1) is 4.90 Å². The van der Waals surface area contributed by atoms with Crippen LogP contribution in [0.3, 0.4) is 0 Å². The molecule has 0 amide bonds. The summed E-state index contributed by atoms with van der Waals surface area (Å²) in [5.41, 5.74) is 0.689. The number of hydrogen-bond donors (Lipinski definition) is 0. The lowest BCUT2D eigenvalue weighted by Gasteiger charge is -2.01. The highest BCUT2D eigenvalue weighted by molar-refractivity contribution is 14.1. The van der Waals surface area contributed by atoms with E-state index in [4.69, 9.17) is 0 Å². The molecule has 0 aliphatic heterocycles. The molecule has 0 radical (unpaired) electrons. The van der Waals surface area contributed by atoms with Gasteiger partial charge in [0.2, 0.25) is 0 Å². The molecule has 0 fully saturated rings. The van der Waals surface area contributed by atoms with Crippen molar-refractivity contribution in [3.05, 3.63) is 29.8 Å². The van der Waals surface area contributed by atoms with Crippen molar-refractivity contribution in [1.29, 1.82) is 0 Å². The van der Waals surface area contributed by atoms with Gasteiger partial charge in [0.25, 0.3) is 0 Å². The molecule has 1 rings (SSSR count). The first kappa shape index (κ1) is 9.94. The van der Waals surface area contributed by atoms with Gasteiger partial charge in [0, 0.05) is 0 Å². The van der Waals surface area contributed by atoms with E-state index in [1.807, 2.05) is 0 Å². The third-order valence-corrected chi connectivity index (χ3v) is 4.03. The third kappa shape index (κ3) is 1.96. The predicted octanol–water partition coefficient (Wildman–Crippen LogP) is 2.05. The summed E-state index contributed by atoms with van der Waals surface area (Å²) >= 11 is 1.36. The molecule has 0 aliphatic carbocycles. The summed E-state index contributed by atoms with van der Waals surface area (Å²) in [6.45, 7) is 1.72. The molecule has 1 aromatic carbocycles. The molecular weight excluding hydrogens is 291 g/mol. The Kier molecular flexibility index (Phi) is 3.08. The minimum atomic E-state index is -3.54. The van der Waals surface area contributed by atoms with Gasteiger partial charge in [0.1, 0.15) is 23.0 Å². The van der Waals surface area contributed by atoms with Gasteiger partial charge in [-0.3, -0.25) is 0 Å². The Bertz CT molecular complexity index is 372. The summed E-state index contributed by atoms with van der Waals surface area (Å²) in [4.78, 5) is 0.222. The van der Waals surface area contributed by atoms with Crippen LogP contribution in [0.4, 0.5) is 0 Å². The van der Waals surface area contributed by atoms with Crippen LogP contribution in [-0.2, 0) is 12.6 Å². The quantitative estimate of drug-likeness (QED) is 0.785. The molecular formula is C7H7IO3S. The Labute approximate surface area is 85.6 Å². The highest BCUT2D eigenvalue weighted by Crippen LogP contribution is 2.18. The van der Waals surface area contributed by atoms with E-state index < -0.39 is 10.1 Å². The standard InChI is InChI=1S/C7H7IO3S/c1-6-4-2-3-5-7(6)12(9,10)11-8/h2-5H,1H3. The fraction of sp³-hybridized carbons (Fsp3) is 0.143. The van der Waals surface area contributed by atoms with Crippen LogP contribution < -0.4 is 0 Å². The van der Waals surface area contributed by atoms with Gasteiger partial charge in [-0.15, -0.1) is 0 Å². The Morgan fingerprint density at radius 2 is 1.92 bits per heavy atom. The molecule has 0 heterocycles. The minimum Gasteiger partial charge on any atom is -0.195 e. The topological polar surface area (TPSA) is 43.4 Å². The fourth-order valence-electron chi connectivity index (χ4n) is 0.871. The SMILES string of the molecule is Cc1ccccc1S(=O)(=O)OI. The first-order valence-electron chi connectivity index (χ1n) is 3.19.